The summed E-state index contributed by atoms with van der Waals surface area (Å²) in [7, 11) is -1.32. The second-order valence-electron chi connectivity index (χ2n) is 2.64. The van der Waals surface area contributed by atoms with Gasteiger partial charge < -0.3 is 4.90 Å². The molecule has 0 saturated carbocycles. The Balaban J connectivity index is 2.30. The molecule has 1 rings (SSSR count). The average molecular weight is 165 g/mol. The fraction of sp³-hybridized carbons (Fsp3) is 1.00. The number of nitrogens with zero attached hydrogens (tertiary/aromatic N) is 1. The van der Waals surface area contributed by atoms with Gasteiger partial charge in [0.15, 0.2) is 0 Å². The Hall–Kier alpha value is -0.130. The molecule has 0 atom stereocenters. The molecule has 0 aromatic rings. The van der Waals surface area contributed by atoms with Crippen LogP contribution in [0.1, 0.15) is 0 Å². The van der Waals surface area contributed by atoms with Gasteiger partial charge in [-0.3, -0.25) is 4.18 Å². The van der Waals surface area contributed by atoms with Crippen molar-refractivity contribution >= 4 is 10.1 Å². The van der Waals surface area contributed by atoms with Gasteiger partial charge in [-0.05, 0) is 7.05 Å². The maximum absolute atomic E-state index is 10.5. The van der Waals surface area contributed by atoms with Crippen LogP contribution in [0.15, 0.2) is 0 Å². The van der Waals surface area contributed by atoms with Gasteiger partial charge in [-0.1, -0.05) is 0 Å². The van der Waals surface area contributed by atoms with Crippen molar-refractivity contribution in [2.45, 2.75) is 6.10 Å². The predicted octanol–water partition coefficient (Wildman–Crippen LogP) is -0.723. The maximum Gasteiger partial charge on any atom is 0.264 e. The molecule has 0 radical (unpaired) electrons. The zero-order valence-electron chi connectivity index (χ0n) is 6.07. The maximum atomic E-state index is 10.5. The van der Waals surface area contributed by atoms with Crippen molar-refractivity contribution in [3.8, 4) is 0 Å². The lowest BCUT2D eigenvalue weighted by atomic mass is 10.2. The van der Waals surface area contributed by atoms with Gasteiger partial charge in [-0.2, -0.15) is 8.42 Å². The predicted molar refractivity (Wildman–Crippen MR) is 37.2 cm³/mol. The lowest BCUT2D eigenvalue weighted by Crippen LogP contribution is -2.50. The van der Waals surface area contributed by atoms with Crippen LogP contribution in [0.2, 0.25) is 0 Å². The molecule has 0 unspecified atom stereocenters. The van der Waals surface area contributed by atoms with Crippen LogP contribution in [-0.4, -0.2) is 45.8 Å². The zero-order valence-corrected chi connectivity index (χ0v) is 6.89. The van der Waals surface area contributed by atoms with E-state index in [0.717, 1.165) is 6.26 Å². The SMILES string of the molecule is CN1CC(OS(C)(=O)=O)C1. The topological polar surface area (TPSA) is 46.6 Å². The number of hydrogen-bond donors (Lipinski definition) is 0. The molecule has 1 aliphatic rings. The van der Waals surface area contributed by atoms with Crippen molar-refractivity contribution < 1.29 is 12.6 Å². The Bertz CT molecular complexity index is 205. The smallest absolute Gasteiger partial charge is 0.264 e. The molecule has 1 saturated heterocycles. The molecule has 0 bridgehead atoms. The van der Waals surface area contributed by atoms with Gasteiger partial charge in [-0.25, -0.2) is 0 Å². The third-order valence-electron chi connectivity index (χ3n) is 1.34. The van der Waals surface area contributed by atoms with Crippen molar-refractivity contribution in [1.82, 2.24) is 4.90 Å². The highest BCUT2D eigenvalue weighted by Gasteiger charge is 2.26. The number of likely N-dealkylation sites (tertiary alicyclic amines) is 1. The van der Waals surface area contributed by atoms with Crippen molar-refractivity contribution in [1.29, 1.82) is 0 Å². The van der Waals surface area contributed by atoms with Crippen molar-refractivity contribution in [3.05, 3.63) is 0 Å². The van der Waals surface area contributed by atoms with Gasteiger partial charge in [0.2, 0.25) is 0 Å². The average Bonchev–Trinajstić information content (AvgIpc) is 1.57. The molecule has 60 valence electrons. The molecule has 0 N–H and O–H groups in total. The van der Waals surface area contributed by atoms with Crippen LogP contribution in [0.5, 0.6) is 0 Å². The summed E-state index contributed by atoms with van der Waals surface area (Å²) in [6.07, 6.45) is 0.964. The first-order valence-electron chi connectivity index (χ1n) is 3.04. The van der Waals surface area contributed by atoms with Crippen LogP contribution in [0.3, 0.4) is 0 Å². The zero-order chi connectivity index (χ0) is 7.78. The van der Waals surface area contributed by atoms with Gasteiger partial charge in [-0.15, -0.1) is 0 Å². The molecule has 1 aliphatic heterocycles. The van der Waals surface area contributed by atoms with Crippen LogP contribution >= 0.6 is 0 Å². The Labute approximate surface area is 60.9 Å². The second kappa shape index (κ2) is 2.48. The molecule has 0 aliphatic carbocycles. The van der Waals surface area contributed by atoms with E-state index in [-0.39, 0.29) is 6.10 Å². The standard InChI is InChI=1S/C5H11NO3S/c1-6-3-5(4-6)9-10(2,7)8/h5H,3-4H2,1-2H3. The molecule has 1 fully saturated rings. The molecule has 0 aromatic heterocycles. The summed E-state index contributed by atoms with van der Waals surface area (Å²) >= 11 is 0. The minimum absolute atomic E-state index is 0.111. The summed E-state index contributed by atoms with van der Waals surface area (Å²) in [6, 6.07) is 0. The minimum atomic E-state index is -3.23. The normalized spacial score (nSPS) is 22.6. The lowest BCUT2D eigenvalue weighted by molar-refractivity contribution is 0.0446. The van der Waals surface area contributed by atoms with Gasteiger partial charge in [0.1, 0.15) is 6.10 Å². The summed E-state index contributed by atoms with van der Waals surface area (Å²) in [6.45, 7) is 1.43. The van der Waals surface area contributed by atoms with E-state index in [2.05, 4.69) is 4.18 Å². The van der Waals surface area contributed by atoms with Crippen molar-refractivity contribution in [2.24, 2.45) is 0 Å². The quantitative estimate of drug-likeness (QED) is 0.506. The molecule has 1 heterocycles. The fourth-order valence-electron chi connectivity index (χ4n) is 0.950. The minimum Gasteiger partial charge on any atom is -0.301 e. The second-order valence-corrected chi connectivity index (χ2v) is 4.24. The molecule has 10 heavy (non-hydrogen) atoms. The summed E-state index contributed by atoms with van der Waals surface area (Å²) in [4.78, 5) is 2.00. The molecule has 5 heteroatoms. The Kier molecular flexibility index (Phi) is 1.98. The molecular weight excluding hydrogens is 154 g/mol. The van der Waals surface area contributed by atoms with E-state index in [0.29, 0.717) is 13.1 Å². The number of likely N-dealkylation sites (N-methyl/N-ethyl adjacent to an activating group) is 1. The molecule has 0 amide bonds. The largest absolute Gasteiger partial charge is 0.301 e. The van der Waals surface area contributed by atoms with Gasteiger partial charge in [0.25, 0.3) is 10.1 Å². The Morgan fingerprint density at radius 3 is 2.30 bits per heavy atom. The van der Waals surface area contributed by atoms with E-state index in [1.54, 1.807) is 0 Å². The van der Waals surface area contributed by atoms with Gasteiger partial charge in [0.05, 0.1) is 6.26 Å². The van der Waals surface area contributed by atoms with Crippen LogP contribution < -0.4 is 0 Å². The van der Waals surface area contributed by atoms with Gasteiger partial charge >= 0.3 is 0 Å². The first-order chi connectivity index (χ1) is 4.47. The van der Waals surface area contributed by atoms with Crippen LogP contribution in [0.4, 0.5) is 0 Å². The molecule has 0 spiro atoms. The highest BCUT2D eigenvalue weighted by molar-refractivity contribution is 7.86. The fourth-order valence-corrected chi connectivity index (χ4v) is 1.57. The van der Waals surface area contributed by atoms with E-state index in [1.165, 1.54) is 0 Å². The molecule has 4 nitrogen and oxygen atoms in total. The molecular formula is C5H11NO3S. The Morgan fingerprint density at radius 2 is 2.00 bits per heavy atom. The van der Waals surface area contributed by atoms with Crippen LogP contribution in [-0.2, 0) is 14.3 Å². The van der Waals surface area contributed by atoms with Gasteiger partial charge in [0, 0.05) is 13.1 Å². The van der Waals surface area contributed by atoms with Crippen molar-refractivity contribution in [2.75, 3.05) is 26.4 Å². The Morgan fingerprint density at radius 1 is 1.50 bits per heavy atom. The first-order valence-corrected chi connectivity index (χ1v) is 4.86. The third kappa shape index (κ3) is 2.24. The summed E-state index contributed by atoms with van der Waals surface area (Å²) in [5.41, 5.74) is 0. The van der Waals surface area contributed by atoms with Crippen LogP contribution in [0, 0.1) is 0 Å². The highest BCUT2D eigenvalue weighted by atomic mass is 32.2. The van der Waals surface area contributed by atoms with E-state index < -0.39 is 10.1 Å². The number of rotatable bonds is 2. The summed E-state index contributed by atoms with van der Waals surface area (Å²) in [5, 5.41) is 0. The summed E-state index contributed by atoms with van der Waals surface area (Å²) in [5.74, 6) is 0. The number of hydrogen-bond acceptors (Lipinski definition) is 4. The van der Waals surface area contributed by atoms with E-state index >= 15 is 0 Å². The van der Waals surface area contributed by atoms with E-state index in [4.69, 9.17) is 0 Å². The van der Waals surface area contributed by atoms with Crippen molar-refractivity contribution in [3.63, 3.8) is 0 Å². The highest BCUT2D eigenvalue weighted by Crippen LogP contribution is 2.10. The lowest BCUT2D eigenvalue weighted by Gasteiger charge is -2.34. The summed E-state index contributed by atoms with van der Waals surface area (Å²) < 4.78 is 25.7. The monoisotopic (exact) mass is 165 g/mol. The molecule has 0 aromatic carbocycles. The van der Waals surface area contributed by atoms with E-state index in [9.17, 15) is 8.42 Å². The van der Waals surface area contributed by atoms with E-state index in [1.807, 2.05) is 11.9 Å². The first kappa shape index (κ1) is 7.97. The third-order valence-corrected chi connectivity index (χ3v) is 1.96. The van der Waals surface area contributed by atoms with Crippen LogP contribution in [0.25, 0.3) is 0 Å².